The molecular weight excluding hydrogens is 300 g/mol. The molecule has 3 heterocycles. The summed E-state index contributed by atoms with van der Waals surface area (Å²) in [7, 11) is 0. The predicted octanol–water partition coefficient (Wildman–Crippen LogP) is 2.94. The molecule has 2 fully saturated rings. The number of fused-ring (bicyclic) bond motifs is 2. The zero-order chi connectivity index (χ0) is 16.4. The van der Waals surface area contributed by atoms with Crippen molar-refractivity contribution >= 4 is 5.78 Å². The second-order valence-electron chi connectivity index (χ2n) is 6.75. The lowest BCUT2D eigenvalue weighted by molar-refractivity contribution is -0.0873. The molecule has 2 unspecified atom stereocenters. The van der Waals surface area contributed by atoms with E-state index in [-0.39, 0.29) is 11.7 Å². The van der Waals surface area contributed by atoms with Crippen molar-refractivity contribution in [2.75, 3.05) is 13.2 Å². The first kappa shape index (κ1) is 15.5. The van der Waals surface area contributed by atoms with Crippen LogP contribution in [0.25, 0.3) is 0 Å². The predicted molar refractivity (Wildman–Crippen MR) is 91.7 cm³/mol. The molecule has 1 aromatic carbocycles. The average Bonchev–Trinajstić information content (AvgIpc) is 2.62. The van der Waals surface area contributed by atoms with E-state index in [1.54, 1.807) is 6.20 Å². The molecule has 24 heavy (non-hydrogen) atoms. The minimum Gasteiger partial charge on any atom is -0.378 e. The highest BCUT2D eigenvalue weighted by Gasteiger charge is 2.41. The lowest BCUT2D eigenvalue weighted by Crippen LogP contribution is -2.57. The van der Waals surface area contributed by atoms with Crippen molar-refractivity contribution in [1.82, 2.24) is 9.88 Å². The van der Waals surface area contributed by atoms with Crippen LogP contribution in [0.4, 0.5) is 0 Å². The molecule has 4 rings (SSSR count). The van der Waals surface area contributed by atoms with Gasteiger partial charge in [0.1, 0.15) is 5.69 Å². The van der Waals surface area contributed by atoms with E-state index >= 15 is 0 Å². The van der Waals surface area contributed by atoms with E-state index in [1.165, 1.54) is 5.56 Å². The monoisotopic (exact) mass is 322 g/mol. The minimum atomic E-state index is 0.0609. The number of carbonyl (C=O) groups excluding carboxylic acids is 1. The van der Waals surface area contributed by atoms with Crippen LogP contribution in [0.5, 0.6) is 0 Å². The first-order valence-electron chi connectivity index (χ1n) is 8.64. The summed E-state index contributed by atoms with van der Waals surface area (Å²) in [6.45, 7) is 2.37. The number of carbonyl (C=O) groups is 1. The Morgan fingerprint density at radius 2 is 1.75 bits per heavy atom. The van der Waals surface area contributed by atoms with Crippen LogP contribution in [0.1, 0.15) is 28.9 Å². The number of pyridine rings is 1. The number of hydrogen-bond donors (Lipinski definition) is 0. The number of nitrogens with zero attached hydrogens (tertiary/aromatic N) is 2. The third-order valence-corrected chi connectivity index (χ3v) is 5.17. The van der Waals surface area contributed by atoms with E-state index in [0.717, 1.165) is 32.6 Å². The lowest BCUT2D eigenvalue weighted by Gasteiger charge is -2.48. The van der Waals surface area contributed by atoms with Gasteiger partial charge in [0, 0.05) is 30.7 Å². The van der Waals surface area contributed by atoms with E-state index < -0.39 is 0 Å². The molecule has 0 saturated carbocycles. The Kier molecular flexibility index (Phi) is 4.41. The first-order valence-corrected chi connectivity index (χ1v) is 8.64. The molecule has 4 heteroatoms. The van der Waals surface area contributed by atoms with Crippen LogP contribution in [0.3, 0.4) is 0 Å². The quantitative estimate of drug-likeness (QED) is 0.812. The fourth-order valence-electron chi connectivity index (χ4n) is 3.97. The summed E-state index contributed by atoms with van der Waals surface area (Å²) in [5, 5.41) is 0. The number of benzene rings is 1. The van der Waals surface area contributed by atoms with E-state index in [4.69, 9.17) is 4.74 Å². The number of ether oxygens (including phenoxy) is 1. The summed E-state index contributed by atoms with van der Waals surface area (Å²) in [6, 6.07) is 16.7. The molecule has 0 radical (unpaired) electrons. The van der Waals surface area contributed by atoms with Crippen molar-refractivity contribution in [3.05, 3.63) is 66.0 Å². The molecular formula is C20H22N2O2. The lowest BCUT2D eigenvalue weighted by atomic mass is 9.81. The Bertz CT molecular complexity index is 675. The number of ketones is 1. The maximum Gasteiger partial charge on any atom is 0.184 e. The van der Waals surface area contributed by atoms with Crippen molar-refractivity contribution < 1.29 is 9.53 Å². The van der Waals surface area contributed by atoms with Gasteiger partial charge in [-0.25, -0.2) is 0 Å². The van der Waals surface area contributed by atoms with Crippen LogP contribution >= 0.6 is 0 Å². The van der Waals surface area contributed by atoms with Crippen LogP contribution < -0.4 is 0 Å². The van der Waals surface area contributed by atoms with Gasteiger partial charge in [-0.1, -0.05) is 36.4 Å². The van der Waals surface area contributed by atoms with Gasteiger partial charge in [0.2, 0.25) is 0 Å². The Labute approximate surface area is 142 Å². The van der Waals surface area contributed by atoms with Gasteiger partial charge in [0.25, 0.3) is 0 Å². The molecule has 2 bridgehead atoms. The second kappa shape index (κ2) is 6.83. The van der Waals surface area contributed by atoms with Gasteiger partial charge in [-0.3, -0.25) is 14.7 Å². The molecule has 0 N–H and O–H groups in total. The number of piperidine rings is 1. The van der Waals surface area contributed by atoms with E-state index in [1.807, 2.05) is 24.3 Å². The van der Waals surface area contributed by atoms with E-state index in [0.29, 0.717) is 17.8 Å². The SMILES string of the molecule is O=C(c1ccccn1)C1CC2COCC(C1)N2Cc1ccccc1. The maximum atomic E-state index is 12.8. The number of aromatic nitrogens is 1. The molecule has 0 aliphatic carbocycles. The Morgan fingerprint density at radius 1 is 1.04 bits per heavy atom. The van der Waals surface area contributed by atoms with E-state index in [2.05, 4.69) is 34.1 Å². The highest BCUT2D eigenvalue weighted by molar-refractivity contribution is 5.96. The highest BCUT2D eigenvalue weighted by Crippen LogP contribution is 2.34. The maximum absolute atomic E-state index is 12.8. The molecule has 2 aliphatic heterocycles. The summed E-state index contributed by atoms with van der Waals surface area (Å²) in [6.07, 6.45) is 3.42. The summed E-state index contributed by atoms with van der Waals surface area (Å²) in [5.41, 5.74) is 1.92. The third kappa shape index (κ3) is 3.12. The fraction of sp³-hybridized carbons (Fsp3) is 0.400. The fourth-order valence-corrected chi connectivity index (χ4v) is 3.97. The van der Waals surface area contributed by atoms with Gasteiger partial charge < -0.3 is 4.74 Å². The van der Waals surface area contributed by atoms with Gasteiger partial charge in [0.05, 0.1) is 13.2 Å². The minimum absolute atomic E-state index is 0.0609. The topological polar surface area (TPSA) is 42.4 Å². The Hall–Kier alpha value is -2.04. The standard InChI is InChI=1S/C20H22N2O2/c23-20(19-8-4-5-9-21-19)16-10-17-13-24-14-18(11-16)22(17)12-15-6-2-1-3-7-15/h1-9,16-18H,10-14H2. The molecule has 124 valence electrons. The molecule has 2 atom stereocenters. The van der Waals surface area contributed by atoms with Gasteiger partial charge >= 0.3 is 0 Å². The second-order valence-corrected chi connectivity index (χ2v) is 6.75. The zero-order valence-electron chi connectivity index (χ0n) is 13.7. The normalized spacial score (nSPS) is 26.9. The van der Waals surface area contributed by atoms with Gasteiger partial charge in [-0.15, -0.1) is 0 Å². The molecule has 0 amide bonds. The van der Waals surface area contributed by atoms with Crippen LogP contribution in [-0.2, 0) is 11.3 Å². The Morgan fingerprint density at radius 3 is 2.42 bits per heavy atom. The number of morpholine rings is 1. The van der Waals surface area contributed by atoms with Crippen molar-refractivity contribution in [3.63, 3.8) is 0 Å². The van der Waals surface area contributed by atoms with Crippen LogP contribution in [0.15, 0.2) is 54.7 Å². The summed E-state index contributed by atoms with van der Waals surface area (Å²) in [5.74, 6) is 0.248. The van der Waals surface area contributed by atoms with Crippen molar-refractivity contribution in [2.45, 2.75) is 31.5 Å². The number of rotatable bonds is 4. The summed E-state index contributed by atoms with van der Waals surface area (Å²) < 4.78 is 5.77. The molecule has 2 saturated heterocycles. The average molecular weight is 322 g/mol. The summed E-state index contributed by atoms with van der Waals surface area (Å²) >= 11 is 0. The molecule has 1 aromatic heterocycles. The van der Waals surface area contributed by atoms with Crippen LogP contribution in [-0.4, -0.2) is 41.0 Å². The molecule has 2 aromatic rings. The van der Waals surface area contributed by atoms with Crippen molar-refractivity contribution in [2.24, 2.45) is 5.92 Å². The van der Waals surface area contributed by atoms with Gasteiger partial charge in [-0.2, -0.15) is 0 Å². The smallest absolute Gasteiger partial charge is 0.184 e. The van der Waals surface area contributed by atoms with E-state index in [9.17, 15) is 4.79 Å². The zero-order valence-corrected chi connectivity index (χ0v) is 13.7. The van der Waals surface area contributed by atoms with Gasteiger partial charge in [-0.05, 0) is 30.5 Å². The molecule has 0 spiro atoms. The number of Topliss-reactive ketones (excluding diaryl/α,β-unsaturated/α-hetero) is 1. The highest BCUT2D eigenvalue weighted by atomic mass is 16.5. The van der Waals surface area contributed by atoms with Crippen LogP contribution in [0, 0.1) is 5.92 Å². The first-order chi connectivity index (χ1) is 11.8. The van der Waals surface area contributed by atoms with Crippen LogP contribution in [0.2, 0.25) is 0 Å². The largest absolute Gasteiger partial charge is 0.378 e. The summed E-state index contributed by atoms with van der Waals surface area (Å²) in [4.78, 5) is 19.5. The molecule has 4 nitrogen and oxygen atoms in total. The van der Waals surface area contributed by atoms with Crippen molar-refractivity contribution in [3.8, 4) is 0 Å². The van der Waals surface area contributed by atoms with Crippen molar-refractivity contribution in [1.29, 1.82) is 0 Å². The van der Waals surface area contributed by atoms with Gasteiger partial charge in [0.15, 0.2) is 5.78 Å². The Balaban J connectivity index is 1.49. The number of hydrogen-bond acceptors (Lipinski definition) is 4. The third-order valence-electron chi connectivity index (χ3n) is 5.17. The molecule has 2 aliphatic rings.